The summed E-state index contributed by atoms with van der Waals surface area (Å²) in [7, 11) is 0. The number of hydrogen-bond acceptors (Lipinski definition) is 2. The summed E-state index contributed by atoms with van der Waals surface area (Å²) in [6.45, 7) is 11.4. The van der Waals surface area contributed by atoms with Gasteiger partial charge in [-0.25, -0.2) is 0 Å². The molecule has 0 rings (SSSR count). The lowest BCUT2D eigenvalue weighted by molar-refractivity contribution is -0.114. The zero-order chi connectivity index (χ0) is 11.0. The summed E-state index contributed by atoms with van der Waals surface area (Å²) >= 11 is 0. The van der Waals surface area contributed by atoms with E-state index in [-0.39, 0.29) is 6.29 Å². The van der Waals surface area contributed by atoms with Crippen LogP contribution in [-0.4, -0.2) is 19.5 Å². The first-order chi connectivity index (χ1) is 6.52. The Bertz CT molecular complexity index is 174. The molecule has 0 aliphatic rings. The van der Waals surface area contributed by atoms with E-state index < -0.39 is 0 Å². The van der Waals surface area contributed by atoms with Crippen LogP contribution in [0.5, 0.6) is 0 Å². The van der Waals surface area contributed by atoms with Gasteiger partial charge in [0.1, 0.15) is 0 Å². The van der Waals surface area contributed by atoms with Crippen LogP contribution in [0.3, 0.4) is 0 Å². The normalized spacial score (nSPS) is 10.1. The third-order valence-electron chi connectivity index (χ3n) is 1.65. The molecule has 0 aromatic rings. The fourth-order valence-corrected chi connectivity index (χ4v) is 0.749. The van der Waals surface area contributed by atoms with Crippen molar-refractivity contribution in [3.8, 4) is 0 Å². The Balaban J connectivity index is 3.51. The summed E-state index contributed by atoms with van der Waals surface area (Å²) in [5, 5.41) is 0. The van der Waals surface area contributed by atoms with E-state index in [1.165, 1.54) is 11.1 Å². The van der Waals surface area contributed by atoms with Crippen LogP contribution in [-0.2, 0) is 9.47 Å². The second kappa shape index (κ2) is 7.77. The summed E-state index contributed by atoms with van der Waals surface area (Å²) in [6.07, 6.45) is 3.95. The van der Waals surface area contributed by atoms with Gasteiger partial charge in [-0.1, -0.05) is 23.3 Å². The van der Waals surface area contributed by atoms with Gasteiger partial charge >= 0.3 is 0 Å². The number of allylic oxidation sites excluding steroid dienone is 2. The smallest absolute Gasteiger partial charge is 0.155 e. The molecule has 0 heterocycles. The lowest BCUT2D eigenvalue weighted by Crippen LogP contribution is -2.13. The Hall–Kier alpha value is -0.600. The van der Waals surface area contributed by atoms with Crippen LogP contribution in [0, 0.1) is 0 Å². The quantitative estimate of drug-likeness (QED) is 0.481. The minimum absolute atomic E-state index is 0.138. The van der Waals surface area contributed by atoms with Gasteiger partial charge in [0, 0.05) is 0 Å². The van der Waals surface area contributed by atoms with Crippen molar-refractivity contribution in [1.29, 1.82) is 0 Å². The molecule has 0 N–H and O–H groups in total. The highest BCUT2D eigenvalue weighted by molar-refractivity contribution is 4.93. The zero-order valence-corrected chi connectivity index (χ0v) is 9.96. The highest BCUT2D eigenvalue weighted by Crippen LogP contribution is 1.97. The molecule has 0 aliphatic carbocycles. The highest BCUT2D eigenvalue weighted by Gasteiger charge is 1.98. The van der Waals surface area contributed by atoms with E-state index in [2.05, 4.69) is 27.7 Å². The molecule has 0 aromatic heterocycles. The van der Waals surface area contributed by atoms with Gasteiger partial charge in [0.2, 0.25) is 0 Å². The zero-order valence-electron chi connectivity index (χ0n) is 9.96. The third-order valence-corrected chi connectivity index (χ3v) is 1.65. The van der Waals surface area contributed by atoms with E-state index in [0.29, 0.717) is 13.2 Å². The largest absolute Gasteiger partial charge is 0.349 e. The van der Waals surface area contributed by atoms with Crippen molar-refractivity contribution in [3.63, 3.8) is 0 Å². The van der Waals surface area contributed by atoms with Gasteiger partial charge in [-0.3, -0.25) is 0 Å². The molecular formula is C12H22O2. The summed E-state index contributed by atoms with van der Waals surface area (Å²) in [5.74, 6) is 0. The standard InChI is InChI=1S/C12H22O2/c1-10(2)6-8-13-12(5)14-9-7-11(3)4/h6-7,12H,8-9H2,1-5H3. The van der Waals surface area contributed by atoms with Crippen LogP contribution in [0.2, 0.25) is 0 Å². The Kier molecular flexibility index (Phi) is 7.44. The van der Waals surface area contributed by atoms with Gasteiger partial charge in [0.25, 0.3) is 0 Å². The maximum Gasteiger partial charge on any atom is 0.155 e. The SMILES string of the molecule is CC(C)=CCOC(C)OCC=C(C)C. The lowest BCUT2D eigenvalue weighted by atomic mass is 10.3. The molecule has 0 atom stereocenters. The maximum absolute atomic E-state index is 5.41. The second-order valence-electron chi connectivity index (χ2n) is 3.80. The van der Waals surface area contributed by atoms with Crippen LogP contribution in [0.25, 0.3) is 0 Å². The fourth-order valence-electron chi connectivity index (χ4n) is 0.749. The molecule has 2 heteroatoms. The molecular weight excluding hydrogens is 176 g/mol. The minimum atomic E-state index is -0.138. The van der Waals surface area contributed by atoms with Crippen LogP contribution in [0.15, 0.2) is 23.3 Å². The third kappa shape index (κ3) is 9.49. The lowest BCUT2D eigenvalue weighted by Gasteiger charge is -2.11. The minimum Gasteiger partial charge on any atom is -0.349 e. The van der Waals surface area contributed by atoms with Crippen molar-refractivity contribution >= 4 is 0 Å². The van der Waals surface area contributed by atoms with E-state index in [0.717, 1.165) is 0 Å². The van der Waals surface area contributed by atoms with Crippen molar-refractivity contribution in [1.82, 2.24) is 0 Å². The maximum atomic E-state index is 5.41. The topological polar surface area (TPSA) is 18.5 Å². The van der Waals surface area contributed by atoms with E-state index in [4.69, 9.17) is 9.47 Å². The molecule has 0 fully saturated rings. The molecule has 82 valence electrons. The molecule has 0 spiro atoms. The molecule has 0 aromatic carbocycles. The first-order valence-electron chi connectivity index (χ1n) is 5.02. The molecule has 0 saturated carbocycles. The summed E-state index contributed by atoms with van der Waals surface area (Å²) in [4.78, 5) is 0. The Labute approximate surface area is 87.6 Å². The molecule has 0 unspecified atom stereocenters. The number of hydrogen-bond donors (Lipinski definition) is 0. The predicted molar refractivity (Wildman–Crippen MR) is 60.2 cm³/mol. The Morgan fingerprint density at radius 3 is 1.57 bits per heavy atom. The van der Waals surface area contributed by atoms with Gasteiger partial charge in [-0.15, -0.1) is 0 Å². The van der Waals surface area contributed by atoms with Crippen molar-refractivity contribution in [3.05, 3.63) is 23.3 Å². The first kappa shape index (κ1) is 13.4. The molecule has 0 aliphatic heterocycles. The van der Waals surface area contributed by atoms with Crippen LogP contribution < -0.4 is 0 Å². The van der Waals surface area contributed by atoms with Crippen molar-refractivity contribution in [2.75, 3.05) is 13.2 Å². The fraction of sp³-hybridized carbons (Fsp3) is 0.667. The molecule has 14 heavy (non-hydrogen) atoms. The van der Waals surface area contributed by atoms with Gasteiger partial charge in [0.15, 0.2) is 6.29 Å². The van der Waals surface area contributed by atoms with E-state index in [1.54, 1.807) is 0 Å². The first-order valence-corrected chi connectivity index (χ1v) is 5.02. The molecule has 0 saturated heterocycles. The summed E-state index contributed by atoms with van der Waals surface area (Å²) < 4.78 is 10.8. The van der Waals surface area contributed by atoms with Crippen molar-refractivity contribution in [2.45, 2.75) is 40.9 Å². The number of ether oxygens (including phenoxy) is 2. The highest BCUT2D eigenvalue weighted by atomic mass is 16.7. The van der Waals surface area contributed by atoms with E-state index >= 15 is 0 Å². The number of rotatable bonds is 6. The van der Waals surface area contributed by atoms with Crippen LogP contribution in [0.4, 0.5) is 0 Å². The van der Waals surface area contributed by atoms with Gasteiger partial charge < -0.3 is 9.47 Å². The van der Waals surface area contributed by atoms with Crippen LogP contribution >= 0.6 is 0 Å². The van der Waals surface area contributed by atoms with Gasteiger partial charge in [-0.05, 0) is 34.6 Å². The summed E-state index contributed by atoms with van der Waals surface area (Å²) in [6, 6.07) is 0. The molecule has 0 bridgehead atoms. The monoisotopic (exact) mass is 198 g/mol. The Morgan fingerprint density at radius 1 is 0.929 bits per heavy atom. The molecule has 0 radical (unpaired) electrons. The van der Waals surface area contributed by atoms with E-state index in [9.17, 15) is 0 Å². The second-order valence-corrected chi connectivity index (χ2v) is 3.80. The predicted octanol–water partition coefficient (Wildman–Crippen LogP) is 3.30. The molecule has 2 nitrogen and oxygen atoms in total. The van der Waals surface area contributed by atoms with Crippen molar-refractivity contribution < 1.29 is 9.47 Å². The Morgan fingerprint density at radius 2 is 1.29 bits per heavy atom. The van der Waals surface area contributed by atoms with Gasteiger partial charge in [0.05, 0.1) is 13.2 Å². The average Bonchev–Trinajstić information content (AvgIpc) is 2.02. The van der Waals surface area contributed by atoms with Crippen molar-refractivity contribution in [2.24, 2.45) is 0 Å². The molecule has 0 amide bonds. The average molecular weight is 198 g/mol. The summed E-state index contributed by atoms with van der Waals surface area (Å²) in [5.41, 5.74) is 2.53. The van der Waals surface area contributed by atoms with E-state index in [1.807, 2.05) is 19.1 Å². The van der Waals surface area contributed by atoms with Crippen LogP contribution in [0.1, 0.15) is 34.6 Å². The van der Waals surface area contributed by atoms with Gasteiger partial charge in [-0.2, -0.15) is 0 Å².